The summed E-state index contributed by atoms with van der Waals surface area (Å²) in [6.07, 6.45) is 3.60. The number of halogens is 1. The van der Waals surface area contributed by atoms with E-state index >= 15 is 0 Å². The Morgan fingerprint density at radius 1 is 1.50 bits per heavy atom. The predicted molar refractivity (Wildman–Crippen MR) is 54.6 cm³/mol. The SMILES string of the molecule is O=[N+]([O-])c1cc2c(cnn2C2CC2)cc1F. The maximum absolute atomic E-state index is 13.3. The van der Waals surface area contributed by atoms with E-state index < -0.39 is 16.4 Å². The molecule has 1 aromatic heterocycles. The highest BCUT2D eigenvalue weighted by Crippen LogP contribution is 2.37. The maximum atomic E-state index is 13.3. The molecule has 0 amide bonds. The smallest absolute Gasteiger partial charge is 0.262 e. The van der Waals surface area contributed by atoms with E-state index in [1.165, 1.54) is 12.1 Å². The molecule has 16 heavy (non-hydrogen) atoms. The van der Waals surface area contributed by atoms with Crippen molar-refractivity contribution < 1.29 is 9.31 Å². The van der Waals surface area contributed by atoms with E-state index in [-0.39, 0.29) is 0 Å². The number of benzene rings is 1. The van der Waals surface area contributed by atoms with Crippen LogP contribution in [0.1, 0.15) is 18.9 Å². The van der Waals surface area contributed by atoms with E-state index in [1.54, 1.807) is 10.9 Å². The van der Waals surface area contributed by atoms with Crippen LogP contribution in [0.15, 0.2) is 18.3 Å². The molecule has 0 unspecified atom stereocenters. The van der Waals surface area contributed by atoms with Crippen molar-refractivity contribution in [1.29, 1.82) is 0 Å². The molecule has 1 saturated carbocycles. The summed E-state index contributed by atoms with van der Waals surface area (Å²) in [7, 11) is 0. The van der Waals surface area contributed by atoms with Crippen molar-refractivity contribution in [2.24, 2.45) is 0 Å². The monoisotopic (exact) mass is 221 g/mol. The van der Waals surface area contributed by atoms with Crippen LogP contribution in [0.25, 0.3) is 10.9 Å². The number of fused-ring (bicyclic) bond motifs is 1. The molecule has 0 aliphatic heterocycles. The first-order chi connectivity index (χ1) is 7.66. The molecule has 0 saturated heterocycles. The van der Waals surface area contributed by atoms with Crippen LogP contribution >= 0.6 is 0 Å². The minimum Gasteiger partial charge on any atom is -0.262 e. The van der Waals surface area contributed by atoms with Crippen molar-refractivity contribution in [3.63, 3.8) is 0 Å². The zero-order valence-corrected chi connectivity index (χ0v) is 8.26. The van der Waals surface area contributed by atoms with Gasteiger partial charge in [0, 0.05) is 11.5 Å². The van der Waals surface area contributed by atoms with Gasteiger partial charge in [0.25, 0.3) is 0 Å². The minimum atomic E-state index is -0.812. The fourth-order valence-electron chi connectivity index (χ4n) is 1.80. The lowest BCUT2D eigenvalue weighted by atomic mass is 10.2. The number of nitro groups is 1. The molecule has 0 N–H and O–H groups in total. The second-order valence-electron chi connectivity index (χ2n) is 3.94. The molecule has 5 nitrogen and oxygen atoms in total. The summed E-state index contributed by atoms with van der Waals surface area (Å²) >= 11 is 0. The zero-order valence-electron chi connectivity index (χ0n) is 8.26. The normalized spacial score (nSPS) is 15.6. The lowest BCUT2D eigenvalue weighted by molar-refractivity contribution is -0.387. The highest BCUT2D eigenvalue weighted by atomic mass is 19.1. The van der Waals surface area contributed by atoms with Crippen LogP contribution in [0.4, 0.5) is 10.1 Å². The molecule has 82 valence electrons. The van der Waals surface area contributed by atoms with Gasteiger partial charge in [-0.05, 0) is 18.9 Å². The maximum Gasteiger partial charge on any atom is 0.306 e. The van der Waals surface area contributed by atoms with Crippen LogP contribution in [0.5, 0.6) is 0 Å². The number of rotatable bonds is 2. The lowest BCUT2D eigenvalue weighted by Gasteiger charge is -2.00. The van der Waals surface area contributed by atoms with E-state index in [9.17, 15) is 14.5 Å². The van der Waals surface area contributed by atoms with Crippen LogP contribution in [-0.2, 0) is 0 Å². The van der Waals surface area contributed by atoms with Gasteiger partial charge in [-0.25, -0.2) is 0 Å². The molecular weight excluding hydrogens is 213 g/mol. The summed E-state index contributed by atoms with van der Waals surface area (Å²) in [5, 5.41) is 15.4. The second kappa shape index (κ2) is 3.01. The highest BCUT2D eigenvalue weighted by molar-refractivity contribution is 5.81. The van der Waals surface area contributed by atoms with Crippen LogP contribution < -0.4 is 0 Å². The predicted octanol–water partition coefficient (Wildman–Crippen LogP) is 2.42. The average Bonchev–Trinajstić information content (AvgIpc) is 2.99. The third-order valence-electron chi connectivity index (χ3n) is 2.75. The van der Waals surface area contributed by atoms with Gasteiger partial charge in [0.05, 0.1) is 22.7 Å². The summed E-state index contributed by atoms with van der Waals surface area (Å²) in [4.78, 5) is 9.91. The highest BCUT2D eigenvalue weighted by Gasteiger charge is 2.27. The molecule has 1 heterocycles. The average molecular weight is 221 g/mol. The Kier molecular flexibility index (Phi) is 1.74. The van der Waals surface area contributed by atoms with E-state index in [1.807, 2.05) is 0 Å². The van der Waals surface area contributed by atoms with Gasteiger partial charge >= 0.3 is 5.69 Å². The summed E-state index contributed by atoms with van der Waals surface area (Å²) in [5.41, 5.74) is 0.144. The van der Waals surface area contributed by atoms with E-state index in [0.29, 0.717) is 16.9 Å². The van der Waals surface area contributed by atoms with E-state index in [0.717, 1.165) is 12.8 Å². The zero-order chi connectivity index (χ0) is 11.3. The van der Waals surface area contributed by atoms with E-state index in [4.69, 9.17) is 0 Å². The Morgan fingerprint density at radius 3 is 2.88 bits per heavy atom. The molecule has 3 rings (SSSR count). The molecule has 0 bridgehead atoms. The molecule has 6 heteroatoms. The number of aromatic nitrogens is 2. The quantitative estimate of drug-likeness (QED) is 0.578. The van der Waals surface area contributed by atoms with Crippen LogP contribution in [0.3, 0.4) is 0 Å². The Bertz CT molecular complexity index is 589. The number of hydrogen-bond donors (Lipinski definition) is 0. The van der Waals surface area contributed by atoms with Gasteiger partial charge in [-0.2, -0.15) is 9.49 Å². The van der Waals surface area contributed by atoms with Crippen molar-refractivity contribution in [2.75, 3.05) is 0 Å². The first kappa shape index (κ1) is 9.26. The molecule has 0 atom stereocenters. The van der Waals surface area contributed by atoms with E-state index in [2.05, 4.69) is 5.10 Å². The Balaban J connectivity index is 2.26. The number of nitro benzene ring substituents is 1. The van der Waals surface area contributed by atoms with Gasteiger partial charge in [-0.15, -0.1) is 0 Å². The molecular formula is C10H8FN3O2. The minimum absolute atomic E-state index is 0.322. The third kappa shape index (κ3) is 1.26. The molecule has 0 radical (unpaired) electrons. The standard InChI is InChI=1S/C10H8FN3O2/c11-8-3-6-5-12-13(7-1-2-7)9(6)4-10(8)14(15)16/h3-5,7H,1-2H2. The Labute approximate surface area is 89.6 Å². The topological polar surface area (TPSA) is 61.0 Å². The lowest BCUT2D eigenvalue weighted by Crippen LogP contribution is -1.97. The van der Waals surface area contributed by atoms with Gasteiger partial charge in [0.2, 0.25) is 5.82 Å². The van der Waals surface area contributed by atoms with Crippen molar-refractivity contribution in [2.45, 2.75) is 18.9 Å². The van der Waals surface area contributed by atoms with Crippen LogP contribution in [0.2, 0.25) is 0 Å². The van der Waals surface area contributed by atoms with Gasteiger partial charge in [-0.1, -0.05) is 0 Å². The van der Waals surface area contributed by atoms with Gasteiger partial charge in [0.1, 0.15) is 0 Å². The Hall–Kier alpha value is -1.98. The van der Waals surface area contributed by atoms with Crippen molar-refractivity contribution in [1.82, 2.24) is 9.78 Å². The van der Waals surface area contributed by atoms with Crippen molar-refractivity contribution in [3.8, 4) is 0 Å². The first-order valence-electron chi connectivity index (χ1n) is 4.98. The third-order valence-corrected chi connectivity index (χ3v) is 2.75. The van der Waals surface area contributed by atoms with Gasteiger partial charge in [0.15, 0.2) is 0 Å². The molecule has 1 aliphatic carbocycles. The van der Waals surface area contributed by atoms with Gasteiger partial charge < -0.3 is 0 Å². The van der Waals surface area contributed by atoms with Crippen LogP contribution in [0, 0.1) is 15.9 Å². The van der Waals surface area contributed by atoms with Gasteiger partial charge in [-0.3, -0.25) is 14.8 Å². The molecule has 1 aliphatic rings. The molecule has 0 spiro atoms. The van der Waals surface area contributed by atoms with Crippen LogP contribution in [-0.4, -0.2) is 14.7 Å². The Morgan fingerprint density at radius 2 is 2.25 bits per heavy atom. The summed E-state index contributed by atoms with van der Waals surface area (Å²) in [5.74, 6) is -0.812. The molecule has 1 aromatic carbocycles. The number of nitrogens with zero attached hydrogens (tertiary/aromatic N) is 3. The summed E-state index contributed by atoms with van der Waals surface area (Å²) in [6.45, 7) is 0. The number of hydrogen-bond acceptors (Lipinski definition) is 3. The summed E-state index contributed by atoms with van der Waals surface area (Å²) < 4.78 is 15.1. The molecule has 2 aromatic rings. The largest absolute Gasteiger partial charge is 0.306 e. The fourth-order valence-corrected chi connectivity index (χ4v) is 1.80. The summed E-state index contributed by atoms with van der Waals surface area (Å²) in [6, 6.07) is 2.75. The van der Waals surface area contributed by atoms with Crippen molar-refractivity contribution >= 4 is 16.6 Å². The second-order valence-corrected chi connectivity index (χ2v) is 3.94. The first-order valence-corrected chi connectivity index (χ1v) is 4.98. The van der Waals surface area contributed by atoms with Crippen molar-refractivity contribution in [3.05, 3.63) is 34.3 Å². The molecule has 1 fully saturated rings. The fraction of sp³-hybridized carbons (Fsp3) is 0.300.